The van der Waals surface area contributed by atoms with Gasteiger partial charge in [-0.3, -0.25) is 9.78 Å². The van der Waals surface area contributed by atoms with Gasteiger partial charge in [0.1, 0.15) is 11.5 Å². The van der Waals surface area contributed by atoms with Crippen molar-refractivity contribution < 1.29 is 4.74 Å². The van der Waals surface area contributed by atoms with Crippen molar-refractivity contribution in [3.05, 3.63) is 70.9 Å². The largest absolute Gasteiger partial charge is 0.457 e. The molecule has 26 heavy (non-hydrogen) atoms. The number of nitrogens with zero attached hydrogens (tertiary/aromatic N) is 4. The molecule has 0 fully saturated rings. The molecule has 0 unspecified atom stereocenters. The summed E-state index contributed by atoms with van der Waals surface area (Å²) in [6.45, 7) is 1.97. The molecule has 0 spiro atoms. The summed E-state index contributed by atoms with van der Waals surface area (Å²) in [4.78, 5) is 21.1. The standard InChI is InChI=1S/C18H15N5O2S/c1-2-12-11-16(24)23-18(21-12)26-17(22-23)20-13-4-3-5-15(10-13)25-14-6-8-19-9-7-14/h3-11H,2H2,1H3,(H,20,22). The quantitative estimate of drug-likeness (QED) is 0.581. The minimum Gasteiger partial charge on any atom is -0.457 e. The number of benzene rings is 1. The molecule has 0 amide bonds. The molecule has 0 aliphatic rings. The summed E-state index contributed by atoms with van der Waals surface area (Å²) in [5.74, 6) is 1.39. The Morgan fingerprint density at radius 2 is 2.00 bits per heavy atom. The fourth-order valence-corrected chi connectivity index (χ4v) is 3.24. The fourth-order valence-electron chi connectivity index (χ4n) is 2.39. The first kappa shape index (κ1) is 16.2. The van der Waals surface area contributed by atoms with E-state index in [0.717, 1.165) is 11.4 Å². The summed E-state index contributed by atoms with van der Waals surface area (Å²) in [6, 6.07) is 12.6. The van der Waals surface area contributed by atoms with Gasteiger partial charge in [0.25, 0.3) is 5.56 Å². The third-order valence-electron chi connectivity index (χ3n) is 3.63. The van der Waals surface area contributed by atoms with Crippen molar-refractivity contribution in [3.63, 3.8) is 0 Å². The average Bonchev–Trinajstić information content (AvgIpc) is 3.06. The van der Waals surface area contributed by atoms with Gasteiger partial charge in [-0.2, -0.15) is 4.52 Å². The van der Waals surface area contributed by atoms with Gasteiger partial charge in [0, 0.05) is 35.9 Å². The maximum atomic E-state index is 12.1. The van der Waals surface area contributed by atoms with Crippen LogP contribution in [0, 0.1) is 0 Å². The molecule has 0 saturated heterocycles. The lowest BCUT2D eigenvalue weighted by Crippen LogP contribution is -2.15. The SMILES string of the molecule is CCc1cc(=O)n2nc(Nc3cccc(Oc4ccncc4)c3)sc2n1. The van der Waals surface area contributed by atoms with E-state index in [1.807, 2.05) is 31.2 Å². The van der Waals surface area contributed by atoms with Crippen LogP contribution in [-0.4, -0.2) is 19.6 Å². The molecule has 0 bridgehead atoms. The summed E-state index contributed by atoms with van der Waals surface area (Å²) >= 11 is 1.33. The van der Waals surface area contributed by atoms with E-state index < -0.39 is 0 Å². The van der Waals surface area contributed by atoms with Crippen LogP contribution >= 0.6 is 11.3 Å². The number of ether oxygens (including phenoxy) is 1. The predicted octanol–water partition coefficient (Wildman–Crippen LogP) is 3.64. The lowest BCUT2D eigenvalue weighted by molar-refractivity contribution is 0.482. The van der Waals surface area contributed by atoms with E-state index in [1.165, 1.54) is 21.9 Å². The summed E-state index contributed by atoms with van der Waals surface area (Å²) < 4.78 is 7.11. The van der Waals surface area contributed by atoms with Crippen molar-refractivity contribution in [2.24, 2.45) is 0 Å². The molecule has 130 valence electrons. The van der Waals surface area contributed by atoms with E-state index >= 15 is 0 Å². The Labute approximate surface area is 152 Å². The second-order valence-corrected chi connectivity index (χ2v) is 6.43. The number of anilines is 2. The number of aromatic nitrogens is 4. The highest BCUT2D eigenvalue weighted by atomic mass is 32.1. The molecule has 0 radical (unpaired) electrons. The van der Waals surface area contributed by atoms with Gasteiger partial charge in [0.2, 0.25) is 10.1 Å². The van der Waals surface area contributed by atoms with Gasteiger partial charge in [0.15, 0.2) is 0 Å². The molecule has 0 aliphatic heterocycles. The number of rotatable bonds is 5. The molecule has 4 rings (SSSR count). The van der Waals surface area contributed by atoms with E-state index in [9.17, 15) is 4.79 Å². The molecule has 7 nitrogen and oxygen atoms in total. The summed E-state index contributed by atoms with van der Waals surface area (Å²) in [5, 5.41) is 8.08. The van der Waals surface area contributed by atoms with E-state index in [0.29, 0.717) is 28.0 Å². The van der Waals surface area contributed by atoms with Crippen molar-refractivity contribution in [1.82, 2.24) is 19.6 Å². The first-order chi connectivity index (χ1) is 12.7. The Bertz CT molecular complexity index is 1110. The van der Waals surface area contributed by atoms with Crippen LogP contribution in [0.5, 0.6) is 11.5 Å². The number of nitrogens with one attached hydrogen (secondary N) is 1. The van der Waals surface area contributed by atoms with Gasteiger partial charge in [-0.25, -0.2) is 4.98 Å². The molecule has 0 saturated carbocycles. The van der Waals surface area contributed by atoms with Crippen molar-refractivity contribution in [1.29, 1.82) is 0 Å². The molecule has 3 aromatic heterocycles. The minimum absolute atomic E-state index is 0.175. The zero-order valence-corrected chi connectivity index (χ0v) is 14.7. The van der Waals surface area contributed by atoms with E-state index in [-0.39, 0.29) is 5.56 Å². The molecule has 1 aromatic carbocycles. The number of hydrogen-bond acceptors (Lipinski definition) is 7. The predicted molar refractivity (Wildman–Crippen MR) is 101 cm³/mol. The average molecular weight is 365 g/mol. The Morgan fingerprint density at radius 3 is 2.81 bits per heavy atom. The summed E-state index contributed by atoms with van der Waals surface area (Å²) in [6.07, 6.45) is 4.06. The molecule has 1 N–H and O–H groups in total. The highest BCUT2D eigenvalue weighted by Crippen LogP contribution is 2.27. The highest BCUT2D eigenvalue weighted by Gasteiger charge is 2.09. The maximum absolute atomic E-state index is 12.1. The van der Waals surface area contributed by atoms with Crippen molar-refractivity contribution >= 4 is 27.1 Å². The maximum Gasteiger partial charge on any atom is 0.275 e. The molecule has 8 heteroatoms. The number of pyridine rings is 1. The van der Waals surface area contributed by atoms with Crippen LogP contribution in [0.25, 0.3) is 4.96 Å². The zero-order chi connectivity index (χ0) is 17.9. The van der Waals surface area contributed by atoms with Gasteiger partial charge >= 0.3 is 0 Å². The van der Waals surface area contributed by atoms with Gasteiger partial charge in [-0.15, -0.1) is 5.10 Å². The topological polar surface area (TPSA) is 81.4 Å². The Hall–Kier alpha value is -3.26. The Morgan fingerprint density at radius 1 is 1.15 bits per heavy atom. The summed E-state index contributed by atoms with van der Waals surface area (Å²) in [5.41, 5.74) is 1.39. The van der Waals surface area contributed by atoms with Gasteiger partial charge in [-0.05, 0) is 30.7 Å². The van der Waals surface area contributed by atoms with E-state index in [1.54, 1.807) is 24.5 Å². The fraction of sp³-hybridized carbons (Fsp3) is 0.111. The Kier molecular flexibility index (Phi) is 4.32. The number of fused-ring (bicyclic) bond motifs is 1. The zero-order valence-electron chi connectivity index (χ0n) is 13.9. The third-order valence-corrected chi connectivity index (χ3v) is 4.45. The lowest BCUT2D eigenvalue weighted by Gasteiger charge is -2.07. The highest BCUT2D eigenvalue weighted by molar-refractivity contribution is 7.20. The number of aryl methyl sites for hydroxylation is 1. The van der Waals surface area contributed by atoms with Gasteiger partial charge in [0.05, 0.1) is 0 Å². The van der Waals surface area contributed by atoms with Crippen LogP contribution in [0.4, 0.5) is 10.8 Å². The van der Waals surface area contributed by atoms with Crippen LogP contribution in [0.1, 0.15) is 12.6 Å². The molecule has 3 heterocycles. The first-order valence-electron chi connectivity index (χ1n) is 8.06. The van der Waals surface area contributed by atoms with Crippen LogP contribution < -0.4 is 15.6 Å². The molecule has 4 aromatic rings. The van der Waals surface area contributed by atoms with Crippen molar-refractivity contribution in [3.8, 4) is 11.5 Å². The Balaban J connectivity index is 1.59. The van der Waals surface area contributed by atoms with Crippen LogP contribution in [-0.2, 0) is 6.42 Å². The van der Waals surface area contributed by atoms with Crippen molar-refractivity contribution in [2.45, 2.75) is 13.3 Å². The molecular formula is C18H15N5O2S. The van der Waals surface area contributed by atoms with E-state index in [2.05, 4.69) is 20.4 Å². The molecule has 0 atom stereocenters. The minimum atomic E-state index is -0.175. The lowest BCUT2D eigenvalue weighted by atomic mass is 10.3. The van der Waals surface area contributed by atoms with Crippen LogP contribution in [0.15, 0.2) is 59.7 Å². The monoisotopic (exact) mass is 365 g/mol. The first-order valence-corrected chi connectivity index (χ1v) is 8.87. The van der Waals surface area contributed by atoms with E-state index in [4.69, 9.17) is 4.74 Å². The van der Waals surface area contributed by atoms with Crippen LogP contribution in [0.2, 0.25) is 0 Å². The second-order valence-electron chi connectivity index (χ2n) is 5.48. The molecular weight excluding hydrogens is 350 g/mol. The van der Waals surface area contributed by atoms with Crippen molar-refractivity contribution in [2.75, 3.05) is 5.32 Å². The van der Waals surface area contributed by atoms with Gasteiger partial charge in [-0.1, -0.05) is 24.3 Å². The smallest absolute Gasteiger partial charge is 0.275 e. The summed E-state index contributed by atoms with van der Waals surface area (Å²) in [7, 11) is 0. The number of hydrogen-bond donors (Lipinski definition) is 1. The molecule has 0 aliphatic carbocycles. The third kappa shape index (κ3) is 3.40. The van der Waals surface area contributed by atoms with Crippen LogP contribution in [0.3, 0.4) is 0 Å². The normalized spacial score (nSPS) is 10.8. The second kappa shape index (κ2) is 6.93. The van der Waals surface area contributed by atoms with Gasteiger partial charge < -0.3 is 10.1 Å².